The zero-order valence-electron chi connectivity index (χ0n) is 17.5. The minimum absolute atomic E-state index is 0.0561. The molecule has 1 aliphatic heterocycles. The molecule has 31 heavy (non-hydrogen) atoms. The first kappa shape index (κ1) is 21.8. The molecule has 1 aromatic heterocycles. The van der Waals surface area contributed by atoms with Crippen molar-refractivity contribution in [3.05, 3.63) is 46.1 Å². The Morgan fingerprint density at radius 3 is 2.74 bits per heavy atom. The Morgan fingerprint density at radius 1 is 1.23 bits per heavy atom. The summed E-state index contributed by atoms with van der Waals surface area (Å²) in [6.07, 6.45) is 5.10. The van der Waals surface area contributed by atoms with Crippen molar-refractivity contribution < 1.29 is 23.5 Å². The van der Waals surface area contributed by atoms with Crippen molar-refractivity contribution in [1.29, 1.82) is 0 Å². The van der Waals surface area contributed by atoms with Crippen LogP contribution in [-0.4, -0.2) is 37.2 Å². The number of aryl methyl sites for hydroxylation is 1. The first-order valence-electron chi connectivity index (χ1n) is 10.8. The fraction of sp³-hybridized carbons (Fsp3) is 0.478. The van der Waals surface area contributed by atoms with Gasteiger partial charge in [-0.2, -0.15) is 0 Å². The summed E-state index contributed by atoms with van der Waals surface area (Å²) in [5.74, 6) is -0.482. The number of carbonyl (C=O) groups excluding carboxylic acids is 2. The Labute approximate surface area is 185 Å². The highest BCUT2D eigenvalue weighted by Crippen LogP contribution is 2.38. The molecule has 2 atom stereocenters. The average Bonchev–Trinajstić information content (AvgIpc) is 3.41. The van der Waals surface area contributed by atoms with Gasteiger partial charge in [0.15, 0.2) is 6.10 Å². The summed E-state index contributed by atoms with van der Waals surface area (Å²) in [7, 11) is 0. The number of halogens is 1. The van der Waals surface area contributed by atoms with Crippen LogP contribution in [0.2, 0.25) is 0 Å². The fourth-order valence-corrected chi connectivity index (χ4v) is 5.27. The lowest BCUT2D eigenvalue weighted by molar-refractivity contribution is -0.122. The zero-order valence-corrected chi connectivity index (χ0v) is 18.4. The van der Waals surface area contributed by atoms with Gasteiger partial charge in [0.05, 0.1) is 11.7 Å². The molecule has 2 amide bonds. The van der Waals surface area contributed by atoms with Gasteiger partial charge in [-0.25, -0.2) is 4.39 Å². The highest BCUT2D eigenvalue weighted by atomic mass is 32.1. The molecule has 2 aromatic rings. The van der Waals surface area contributed by atoms with Gasteiger partial charge in [-0.3, -0.25) is 9.59 Å². The minimum atomic E-state index is -0.799. The number of rotatable bonds is 7. The molecule has 2 heterocycles. The number of hydrogen-bond donors (Lipinski definition) is 2. The van der Waals surface area contributed by atoms with Crippen LogP contribution in [0.1, 0.15) is 53.4 Å². The summed E-state index contributed by atoms with van der Waals surface area (Å²) in [4.78, 5) is 27.0. The van der Waals surface area contributed by atoms with Gasteiger partial charge in [-0.15, -0.1) is 11.3 Å². The van der Waals surface area contributed by atoms with Gasteiger partial charge in [-0.1, -0.05) is 0 Å². The molecular weight excluding hydrogens is 419 g/mol. The molecule has 8 heteroatoms. The Balaban J connectivity index is 1.47. The third-order valence-corrected chi connectivity index (χ3v) is 6.85. The minimum Gasteiger partial charge on any atom is -0.481 e. The van der Waals surface area contributed by atoms with Crippen LogP contribution in [0.4, 0.5) is 9.39 Å². The van der Waals surface area contributed by atoms with E-state index in [1.165, 1.54) is 35.6 Å². The number of fused-ring (bicyclic) bond motifs is 1. The van der Waals surface area contributed by atoms with E-state index in [0.29, 0.717) is 22.9 Å². The molecule has 0 saturated carbocycles. The monoisotopic (exact) mass is 446 g/mol. The Kier molecular flexibility index (Phi) is 6.87. The van der Waals surface area contributed by atoms with E-state index in [1.54, 1.807) is 6.92 Å². The second kappa shape index (κ2) is 9.78. The Hall–Kier alpha value is -2.45. The van der Waals surface area contributed by atoms with E-state index in [1.807, 2.05) is 0 Å². The van der Waals surface area contributed by atoms with Crippen LogP contribution < -0.4 is 15.4 Å². The first-order valence-corrected chi connectivity index (χ1v) is 11.6. The van der Waals surface area contributed by atoms with Crippen LogP contribution in [-0.2, 0) is 22.4 Å². The van der Waals surface area contributed by atoms with Crippen molar-refractivity contribution in [3.8, 4) is 5.75 Å². The molecule has 4 rings (SSSR count). The molecule has 2 N–H and O–H groups in total. The van der Waals surface area contributed by atoms with E-state index in [9.17, 15) is 14.0 Å². The number of carbonyl (C=O) groups is 2. The van der Waals surface area contributed by atoms with E-state index >= 15 is 0 Å². The van der Waals surface area contributed by atoms with Gasteiger partial charge < -0.3 is 20.1 Å². The Morgan fingerprint density at radius 2 is 2.00 bits per heavy atom. The number of amides is 2. The number of nitrogens with one attached hydrogen (secondary N) is 2. The predicted molar refractivity (Wildman–Crippen MR) is 117 cm³/mol. The van der Waals surface area contributed by atoms with Crippen molar-refractivity contribution in [1.82, 2.24) is 5.32 Å². The molecule has 2 aliphatic rings. The van der Waals surface area contributed by atoms with Gasteiger partial charge in [0, 0.05) is 18.0 Å². The zero-order chi connectivity index (χ0) is 21.8. The van der Waals surface area contributed by atoms with Crippen molar-refractivity contribution in [3.63, 3.8) is 0 Å². The number of anilines is 1. The van der Waals surface area contributed by atoms with Crippen molar-refractivity contribution in [2.45, 2.75) is 57.7 Å². The summed E-state index contributed by atoms with van der Waals surface area (Å²) in [6.45, 7) is 2.84. The van der Waals surface area contributed by atoms with E-state index in [2.05, 4.69) is 10.6 Å². The summed E-state index contributed by atoms with van der Waals surface area (Å²) >= 11 is 1.47. The lowest BCUT2D eigenvalue weighted by Gasteiger charge is -2.16. The molecule has 6 nitrogen and oxygen atoms in total. The standard InChI is InChI=1S/C23H27FN2O4S/c1-14(30-16-10-8-15(24)9-11-16)21(27)26-23-20(18-6-2-3-7-19(18)31-23)22(28)25-13-17-5-4-12-29-17/h8-11,14,17H,2-7,12-13H2,1H3,(H,25,28)(H,26,27)/t14-,17+/m1/s1. The van der Waals surface area contributed by atoms with Crippen LogP contribution in [0, 0.1) is 5.82 Å². The van der Waals surface area contributed by atoms with Crippen LogP contribution in [0.15, 0.2) is 24.3 Å². The maximum Gasteiger partial charge on any atom is 0.265 e. The van der Waals surface area contributed by atoms with Crippen LogP contribution in [0.25, 0.3) is 0 Å². The number of benzene rings is 1. The van der Waals surface area contributed by atoms with Crippen LogP contribution in [0.5, 0.6) is 5.75 Å². The van der Waals surface area contributed by atoms with Crippen LogP contribution >= 0.6 is 11.3 Å². The molecule has 0 radical (unpaired) electrons. The lowest BCUT2D eigenvalue weighted by atomic mass is 9.95. The summed E-state index contributed by atoms with van der Waals surface area (Å²) in [6, 6.07) is 5.52. The molecular formula is C23H27FN2O4S. The van der Waals surface area contributed by atoms with Crippen molar-refractivity contribution in [2.24, 2.45) is 0 Å². The topological polar surface area (TPSA) is 76.7 Å². The van der Waals surface area contributed by atoms with E-state index in [4.69, 9.17) is 9.47 Å². The maximum atomic E-state index is 13.1. The van der Waals surface area contributed by atoms with Gasteiger partial charge in [0.25, 0.3) is 11.8 Å². The smallest absolute Gasteiger partial charge is 0.265 e. The molecule has 1 aliphatic carbocycles. The van der Waals surface area contributed by atoms with Crippen molar-refractivity contribution >= 4 is 28.2 Å². The molecule has 0 unspecified atom stereocenters. The number of hydrogen-bond acceptors (Lipinski definition) is 5. The molecule has 1 fully saturated rings. The molecule has 1 saturated heterocycles. The van der Waals surface area contributed by atoms with E-state index < -0.39 is 6.10 Å². The average molecular weight is 447 g/mol. The predicted octanol–water partition coefficient (Wildman–Crippen LogP) is 4.08. The maximum absolute atomic E-state index is 13.1. The molecule has 1 aromatic carbocycles. The fourth-order valence-electron chi connectivity index (χ4n) is 3.98. The summed E-state index contributed by atoms with van der Waals surface area (Å²) in [5, 5.41) is 6.45. The molecule has 166 valence electrons. The lowest BCUT2D eigenvalue weighted by Crippen LogP contribution is -2.34. The molecule has 0 bridgehead atoms. The third kappa shape index (κ3) is 5.25. The van der Waals surface area contributed by atoms with Gasteiger partial charge in [-0.05, 0) is 75.3 Å². The highest BCUT2D eigenvalue weighted by molar-refractivity contribution is 7.17. The largest absolute Gasteiger partial charge is 0.481 e. The van der Waals surface area contributed by atoms with Crippen molar-refractivity contribution in [2.75, 3.05) is 18.5 Å². The first-order chi connectivity index (χ1) is 15.0. The number of thiophene rings is 1. The van der Waals surface area contributed by atoms with Gasteiger partial charge >= 0.3 is 0 Å². The van der Waals surface area contributed by atoms with Gasteiger partial charge in [0.1, 0.15) is 16.6 Å². The third-order valence-electron chi connectivity index (χ3n) is 5.65. The summed E-state index contributed by atoms with van der Waals surface area (Å²) < 4.78 is 24.3. The van der Waals surface area contributed by atoms with E-state index in [-0.39, 0.29) is 23.7 Å². The Bertz CT molecular complexity index is 938. The van der Waals surface area contributed by atoms with Gasteiger partial charge in [0.2, 0.25) is 0 Å². The molecule has 0 spiro atoms. The second-order valence-electron chi connectivity index (χ2n) is 7.96. The highest BCUT2D eigenvalue weighted by Gasteiger charge is 2.28. The quantitative estimate of drug-likeness (QED) is 0.672. The second-order valence-corrected chi connectivity index (χ2v) is 9.07. The SMILES string of the molecule is C[C@@H](Oc1ccc(F)cc1)C(=O)Nc1sc2c(c1C(=O)NC[C@@H]1CCCO1)CCCC2. The van der Waals surface area contributed by atoms with E-state index in [0.717, 1.165) is 55.6 Å². The summed E-state index contributed by atoms with van der Waals surface area (Å²) in [5.41, 5.74) is 1.61. The van der Waals surface area contributed by atoms with Crippen LogP contribution in [0.3, 0.4) is 0 Å². The number of ether oxygens (including phenoxy) is 2. The normalized spacial score (nSPS) is 18.8.